The van der Waals surface area contributed by atoms with E-state index in [0.29, 0.717) is 5.82 Å². The molecule has 80 valence electrons. The maximum absolute atomic E-state index is 11.7. The Bertz CT molecular complexity index is 341. The van der Waals surface area contributed by atoms with Crippen LogP contribution in [-0.4, -0.2) is 22.1 Å². The summed E-state index contributed by atoms with van der Waals surface area (Å²) in [5.41, 5.74) is 5.75. The molecular weight excluding hydrogens is 192 g/mol. The number of rotatable bonds is 2. The summed E-state index contributed by atoms with van der Waals surface area (Å²) < 4.78 is 0. The van der Waals surface area contributed by atoms with Crippen molar-refractivity contribution in [1.29, 1.82) is 0 Å². The van der Waals surface area contributed by atoms with Crippen LogP contribution in [0.2, 0.25) is 0 Å². The van der Waals surface area contributed by atoms with Crippen LogP contribution in [0.25, 0.3) is 0 Å². The van der Waals surface area contributed by atoms with Gasteiger partial charge in [-0.05, 0) is 31.4 Å². The standard InChI is InChI=1S/C10H14N4O/c11-8-4-3-7(6-8)10(15)13-9-2-1-5-12-14-9/h1-2,5,7-8H,3-4,6,11H2,(H,13,14,15). The van der Waals surface area contributed by atoms with Gasteiger partial charge in [-0.1, -0.05) is 0 Å². The zero-order valence-corrected chi connectivity index (χ0v) is 8.39. The first kappa shape index (κ1) is 10.0. The molecule has 1 amide bonds. The van der Waals surface area contributed by atoms with Gasteiger partial charge in [0, 0.05) is 18.2 Å². The average Bonchev–Trinajstić information content (AvgIpc) is 2.66. The van der Waals surface area contributed by atoms with Crippen molar-refractivity contribution in [2.75, 3.05) is 5.32 Å². The summed E-state index contributed by atoms with van der Waals surface area (Å²) in [5.74, 6) is 0.536. The Labute approximate surface area is 88.1 Å². The van der Waals surface area contributed by atoms with Gasteiger partial charge in [0.15, 0.2) is 5.82 Å². The molecular formula is C10H14N4O. The van der Waals surface area contributed by atoms with Crippen molar-refractivity contribution in [1.82, 2.24) is 10.2 Å². The predicted octanol–water partition coefficient (Wildman–Crippen LogP) is 0.542. The van der Waals surface area contributed by atoms with Crippen LogP contribution in [0.3, 0.4) is 0 Å². The SMILES string of the molecule is NC1CCC(C(=O)Nc2cccnn2)C1. The number of carbonyl (C=O) groups is 1. The topological polar surface area (TPSA) is 80.9 Å². The van der Waals surface area contributed by atoms with E-state index >= 15 is 0 Å². The van der Waals surface area contributed by atoms with Gasteiger partial charge in [-0.15, -0.1) is 5.10 Å². The van der Waals surface area contributed by atoms with Gasteiger partial charge in [0.25, 0.3) is 0 Å². The van der Waals surface area contributed by atoms with Gasteiger partial charge in [-0.3, -0.25) is 4.79 Å². The number of nitrogens with two attached hydrogens (primary N) is 1. The van der Waals surface area contributed by atoms with Crippen LogP contribution in [-0.2, 0) is 4.79 Å². The van der Waals surface area contributed by atoms with Gasteiger partial charge >= 0.3 is 0 Å². The summed E-state index contributed by atoms with van der Waals surface area (Å²) in [4.78, 5) is 11.7. The molecule has 3 N–H and O–H groups in total. The summed E-state index contributed by atoms with van der Waals surface area (Å²) in [6.45, 7) is 0. The molecule has 0 spiro atoms. The fraction of sp³-hybridized carbons (Fsp3) is 0.500. The van der Waals surface area contributed by atoms with Crippen LogP contribution in [0.15, 0.2) is 18.3 Å². The highest BCUT2D eigenvalue weighted by atomic mass is 16.1. The summed E-state index contributed by atoms with van der Waals surface area (Å²) in [7, 11) is 0. The molecule has 1 aliphatic carbocycles. The van der Waals surface area contributed by atoms with Gasteiger partial charge in [0.1, 0.15) is 0 Å². The Balaban J connectivity index is 1.93. The molecule has 0 radical (unpaired) electrons. The lowest BCUT2D eigenvalue weighted by Gasteiger charge is -2.09. The first-order valence-electron chi connectivity index (χ1n) is 5.10. The van der Waals surface area contributed by atoms with Crippen LogP contribution in [0.5, 0.6) is 0 Å². The second kappa shape index (κ2) is 4.35. The van der Waals surface area contributed by atoms with E-state index in [4.69, 9.17) is 5.73 Å². The molecule has 2 unspecified atom stereocenters. The maximum atomic E-state index is 11.7. The second-order valence-corrected chi connectivity index (χ2v) is 3.87. The zero-order chi connectivity index (χ0) is 10.7. The van der Waals surface area contributed by atoms with Gasteiger partial charge in [-0.25, -0.2) is 0 Å². The average molecular weight is 206 g/mol. The molecule has 1 aromatic rings. The molecule has 1 aromatic heterocycles. The molecule has 0 aliphatic heterocycles. The monoisotopic (exact) mass is 206 g/mol. The zero-order valence-electron chi connectivity index (χ0n) is 8.39. The molecule has 0 bridgehead atoms. The molecule has 1 fully saturated rings. The summed E-state index contributed by atoms with van der Waals surface area (Å²) >= 11 is 0. The summed E-state index contributed by atoms with van der Waals surface area (Å²) in [6, 6.07) is 3.63. The van der Waals surface area contributed by atoms with E-state index in [-0.39, 0.29) is 17.9 Å². The Morgan fingerprint density at radius 2 is 2.40 bits per heavy atom. The van der Waals surface area contributed by atoms with Crippen molar-refractivity contribution in [3.05, 3.63) is 18.3 Å². The van der Waals surface area contributed by atoms with Crippen molar-refractivity contribution in [3.8, 4) is 0 Å². The highest BCUT2D eigenvalue weighted by Gasteiger charge is 2.27. The van der Waals surface area contributed by atoms with E-state index in [1.54, 1.807) is 18.3 Å². The van der Waals surface area contributed by atoms with E-state index < -0.39 is 0 Å². The number of anilines is 1. The first-order valence-corrected chi connectivity index (χ1v) is 5.10. The van der Waals surface area contributed by atoms with Crippen molar-refractivity contribution < 1.29 is 4.79 Å². The lowest BCUT2D eigenvalue weighted by Crippen LogP contribution is -2.23. The highest BCUT2D eigenvalue weighted by molar-refractivity contribution is 5.91. The molecule has 1 heterocycles. The highest BCUT2D eigenvalue weighted by Crippen LogP contribution is 2.24. The first-order chi connectivity index (χ1) is 7.25. The minimum absolute atomic E-state index is 0.00319. The van der Waals surface area contributed by atoms with Gasteiger partial charge < -0.3 is 11.1 Å². The van der Waals surface area contributed by atoms with E-state index in [2.05, 4.69) is 15.5 Å². The van der Waals surface area contributed by atoms with Crippen LogP contribution >= 0.6 is 0 Å². The van der Waals surface area contributed by atoms with Crippen LogP contribution in [0.1, 0.15) is 19.3 Å². The summed E-state index contributed by atoms with van der Waals surface area (Å²) in [6.07, 6.45) is 4.14. The van der Waals surface area contributed by atoms with E-state index in [1.165, 1.54) is 0 Å². The van der Waals surface area contributed by atoms with Crippen molar-refractivity contribution in [3.63, 3.8) is 0 Å². The van der Waals surface area contributed by atoms with Gasteiger partial charge in [-0.2, -0.15) is 5.10 Å². The number of aromatic nitrogens is 2. The quantitative estimate of drug-likeness (QED) is 0.740. The largest absolute Gasteiger partial charge is 0.328 e. The van der Waals surface area contributed by atoms with Crippen molar-refractivity contribution >= 4 is 11.7 Å². The van der Waals surface area contributed by atoms with Gasteiger partial charge in [0.05, 0.1) is 0 Å². The number of hydrogen-bond donors (Lipinski definition) is 2. The minimum atomic E-state index is 0.00319. The minimum Gasteiger partial charge on any atom is -0.328 e. The van der Waals surface area contributed by atoms with Crippen LogP contribution in [0.4, 0.5) is 5.82 Å². The van der Waals surface area contributed by atoms with Crippen molar-refractivity contribution in [2.45, 2.75) is 25.3 Å². The Morgan fingerprint density at radius 1 is 1.53 bits per heavy atom. The molecule has 1 saturated carbocycles. The number of nitrogens with zero attached hydrogens (tertiary/aromatic N) is 2. The Kier molecular flexibility index (Phi) is 2.91. The van der Waals surface area contributed by atoms with Crippen LogP contribution < -0.4 is 11.1 Å². The normalized spacial score (nSPS) is 25.1. The third-order valence-electron chi connectivity index (χ3n) is 2.67. The third kappa shape index (κ3) is 2.50. The van der Waals surface area contributed by atoms with Crippen LogP contribution in [0, 0.1) is 5.92 Å². The Morgan fingerprint density at radius 3 is 3.00 bits per heavy atom. The molecule has 2 atom stereocenters. The van der Waals surface area contributed by atoms with Crippen molar-refractivity contribution in [2.24, 2.45) is 11.7 Å². The lowest BCUT2D eigenvalue weighted by molar-refractivity contribution is -0.119. The molecule has 5 nitrogen and oxygen atoms in total. The predicted molar refractivity (Wildman–Crippen MR) is 56.0 cm³/mol. The second-order valence-electron chi connectivity index (χ2n) is 3.87. The number of amides is 1. The number of carbonyl (C=O) groups excluding carboxylic acids is 1. The molecule has 5 heteroatoms. The molecule has 0 saturated heterocycles. The molecule has 2 rings (SSSR count). The number of hydrogen-bond acceptors (Lipinski definition) is 4. The fourth-order valence-electron chi connectivity index (χ4n) is 1.85. The Hall–Kier alpha value is -1.49. The van der Waals surface area contributed by atoms with E-state index in [0.717, 1.165) is 19.3 Å². The molecule has 15 heavy (non-hydrogen) atoms. The van der Waals surface area contributed by atoms with E-state index in [1.807, 2.05) is 0 Å². The fourth-order valence-corrected chi connectivity index (χ4v) is 1.85. The summed E-state index contributed by atoms with van der Waals surface area (Å²) in [5, 5.41) is 10.2. The smallest absolute Gasteiger partial charge is 0.228 e. The molecule has 1 aliphatic rings. The lowest BCUT2D eigenvalue weighted by atomic mass is 10.1. The van der Waals surface area contributed by atoms with Gasteiger partial charge in [0.2, 0.25) is 5.91 Å². The maximum Gasteiger partial charge on any atom is 0.228 e. The van der Waals surface area contributed by atoms with E-state index in [9.17, 15) is 4.79 Å². The number of nitrogens with one attached hydrogen (secondary N) is 1. The molecule has 0 aromatic carbocycles. The third-order valence-corrected chi connectivity index (χ3v) is 2.67.